The van der Waals surface area contributed by atoms with Crippen LogP contribution in [0, 0.1) is 18.8 Å². The van der Waals surface area contributed by atoms with Crippen molar-refractivity contribution in [3.63, 3.8) is 0 Å². The molecular formula is C23H29N3O2S. The molecule has 0 aliphatic carbocycles. The first kappa shape index (κ1) is 20.1. The lowest BCUT2D eigenvalue weighted by atomic mass is 9.87. The van der Waals surface area contributed by atoms with Gasteiger partial charge in [-0.05, 0) is 43.2 Å². The van der Waals surface area contributed by atoms with Crippen LogP contribution in [0.1, 0.15) is 53.7 Å². The van der Waals surface area contributed by atoms with Crippen LogP contribution in [-0.2, 0) is 6.54 Å². The maximum Gasteiger partial charge on any atom is 0.264 e. The van der Waals surface area contributed by atoms with Gasteiger partial charge >= 0.3 is 0 Å². The Hall–Kier alpha value is -2.18. The normalized spacial score (nSPS) is 16.7. The van der Waals surface area contributed by atoms with Gasteiger partial charge in [-0.15, -0.1) is 11.3 Å². The number of aromatic nitrogens is 2. The van der Waals surface area contributed by atoms with Gasteiger partial charge in [0.1, 0.15) is 4.83 Å². The van der Waals surface area contributed by atoms with Gasteiger partial charge in [0, 0.05) is 25.0 Å². The van der Waals surface area contributed by atoms with Crippen molar-refractivity contribution in [1.82, 2.24) is 14.7 Å². The summed E-state index contributed by atoms with van der Waals surface area (Å²) in [4.78, 5) is 16.9. The number of carbonyl (C=O) groups excluding carboxylic acids is 1. The molecule has 0 bridgehead atoms. The maximum absolute atomic E-state index is 13.1. The monoisotopic (exact) mass is 411 g/mol. The summed E-state index contributed by atoms with van der Waals surface area (Å²) < 4.78 is 2.04. The van der Waals surface area contributed by atoms with Crippen molar-refractivity contribution in [3.8, 4) is 0 Å². The number of hydrogen-bond donors (Lipinski definition) is 1. The highest BCUT2D eigenvalue weighted by molar-refractivity contribution is 7.20. The van der Waals surface area contributed by atoms with Crippen molar-refractivity contribution < 1.29 is 9.90 Å². The number of amides is 1. The van der Waals surface area contributed by atoms with Crippen molar-refractivity contribution in [3.05, 3.63) is 52.5 Å². The average molecular weight is 412 g/mol. The first-order valence-electron chi connectivity index (χ1n) is 10.4. The van der Waals surface area contributed by atoms with E-state index in [-0.39, 0.29) is 11.8 Å². The first-order valence-corrected chi connectivity index (χ1v) is 11.2. The zero-order valence-electron chi connectivity index (χ0n) is 17.3. The topological polar surface area (TPSA) is 58.4 Å². The number of benzene rings is 1. The van der Waals surface area contributed by atoms with Gasteiger partial charge < -0.3 is 10.0 Å². The smallest absolute Gasteiger partial charge is 0.264 e. The molecule has 1 aromatic carbocycles. The second-order valence-electron chi connectivity index (χ2n) is 8.48. The SMILES string of the molecule is Cc1nn(CC(C)C)c2sc(C(=O)N3CCC([C@H](O)c4ccccc4)CC3)cc12. The number of aliphatic hydroxyl groups excluding tert-OH is 1. The van der Waals surface area contributed by atoms with E-state index in [4.69, 9.17) is 0 Å². The number of hydrogen-bond acceptors (Lipinski definition) is 4. The van der Waals surface area contributed by atoms with Crippen LogP contribution in [0.15, 0.2) is 36.4 Å². The van der Waals surface area contributed by atoms with Crippen LogP contribution in [0.5, 0.6) is 0 Å². The number of thiophene rings is 1. The minimum Gasteiger partial charge on any atom is -0.388 e. The maximum atomic E-state index is 13.1. The van der Waals surface area contributed by atoms with Gasteiger partial charge in [0.2, 0.25) is 0 Å². The van der Waals surface area contributed by atoms with Gasteiger partial charge in [0.25, 0.3) is 5.91 Å². The molecule has 2 aromatic heterocycles. The fraction of sp³-hybridized carbons (Fsp3) is 0.478. The fourth-order valence-electron chi connectivity index (χ4n) is 4.18. The molecule has 154 valence electrons. The summed E-state index contributed by atoms with van der Waals surface area (Å²) in [7, 11) is 0. The summed E-state index contributed by atoms with van der Waals surface area (Å²) >= 11 is 1.55. The van der Waals surface area contributed by atoms with Crippen LogP contribution >= 0.6 is 11.3 Å². The highest BCUT2D eigenvalue weighted by atomic mass is 32.1. The van der Waals surface area contributed by atoms with Gasteiger partial charge in [-0.1, -0.05) is 44.2 Å². The Bertz CT molecular complexity index is 984. The number of likely N-dealkylation sites (tertiary alicyclic amines) is 1. The molecule has 5 nitrogen and oxygen atoms in total. The number of carbonyl (C=O) groups is 1. The lowest BCUT2D eigenvalue weighted by Gasteiger charge is -2.34. The molecule has 1 fully saturated rings. The molecule has 1 amide bonds. The number of rotatable bonds is 5. The van der Waals surface area contributed by atoms with Crippen molar-refractivity contribution in [2.45, 2.75) is 46.3 Å². The van der Waals surface area contributed by atoms with E-state index in [1.54, 1.807) is 11.3 Å². The van der Waals surface area contributed by atoms with Crippen molar-refractivity contribution in [2.75, 3.05) is 13.1 Å². The minimum absolute atomic E-state index is 0.106. The summed E-state index contributed by atoms with van der Waals surface area (Å²) in [5.74, 6) is 0.814. The second-order valence-corrected chi connectivity index (χ2v) is 9.51. The predicted molar refractivity (Wildman–Crippen MR) is 117 cm³/mol. The van der Waals surface area contributed by atoms with E-state index < -0.39 is 6.10 Å². The molecule has 1 atom stereocenters. The molecule has 1 saturated heterocycles. The van der Waals surface area contributed by atoms with Crippen molar-refractivity contribution in [1.29, 1.82) is 0 Å². The first-order chi connectivity index (χ1) is 13.9. The standard InChI is InChI=1S/C23H29N3O2S/c1-15(2)14-26-23-19(16(3)24-26)13-20(29-23)22(28)25-11-9-18(10-12-25)21(27)17-7-5-4-6-8-17/h4-8,13,15,18,21,27H,9-12,14H2,1-3H3/t21-/m1/s1. The minimum atomic E-state index is -0.456. The van der Waals surface area contributed by atoms with Crippen LogP contribution < -0.4 is 0 Å². The van der Waals surface area contributed by atoms with Gasteiger partial charge in [0.15, 0.2) is 0 Å². The second kappa shape index (κ2) is 8.28. The molecule has 0 radical (unpaired) electrons. The van der Waals surface area contributed by atoms with Gasteiger partial charge in [-0.2, -0.15) is 5.10 Å². The summed E-state index contributed by atoms with van der Waals surface area (Å²) in [6.07, 6.45) is 1.20. The van der Waals surface area contributed by atoms with Crippen LogP contribution in [0.25, 0.3) is 10.2 Å². The summed E-state index contributed by atoms with van der Waals surface area (Å²) in [5, 5.41) is 16.4. The van der Waals surface area contributed by atoms with Crippen molar-refractivity contribution in [2.24, 2.45) is 11.8 Å². The molecule has 4 rings (SSSR count). The van der Waals surface area contributed by atoms with Gasteiger partial charge in [0.05, 0.1) is 16.7 Å². The van der Waals surface area contributed by atoms with E-state index in [0.29, 0.717) is 19.0 Å². The zero-order valence-corrected chi connectivity index (χ0v) is 18.2. The molecule has 3 heterocycles. The Kier molecular flexibility index (Phi) is 5.74. The molecular weight excluding hydrogens is 382 g/mol. The summed E-state index contributed by atoms with van der Waals surface area (Å²) in [5.41, 5.74) is 1.95. The van der Waals surface area contributed by atoms with Crippen molar-refractivity contribution >= 4 is 27.5 Å². The van der Waals surface area contributed by atoms with Gasteiger partial charge in [-0.3, -0.25) is 9.48 Å². The lowest BCUT2D eigenvalue weighted by molar-refractivity contribution is 0.0465. The number of aliphatic hydroxyl groups is 1. The quantitative estimate of drug-likeness (QED) is 0.665. The Balaban J connectivity index is 1.44. The van der Waals surface area contributed by atoms with E-state index in [0.717, 1.165) is 45.7 Å². The number of piperidine rings is 1. The Morgan fingerprint density at radius 2 is 1.93 bits per heavy atom. The van der Waals surface area contributed by atoms with E-state index in [1.165, 1.54) is 0 Å². The van der Waals surface area contributed by atoms with E-state index in [9.17, 15) is 9.90 Å². The third-order valence-electron chi connectivity index (χ3n) is 5.77. The molecule has 0 spiro atoms. The van der Waals surface area contributed by atoms with Crippen LogP contribution in [-0.4, -0.2) is 38.8 Å². The van der Waals surface area contributed by atoms with Crippen LogP contribution in [0.3, 0.4) is 0 Å². The van der Waals surface area contributed by atoms with Crippen LogP contribution in [0.4, 0.5) is 0 Å². The van der Waals surface area contributed by atoms with E-state index >= 15 is 0 Å². The largest absolute Gasteiger partial charge is 0.388 e. The lowest BCUT2D eigenvalue weighted by Crippen LogP contribution is -2.39. The highest BCUT2D eigenvalue weighted by Crippen LogP contribution is 2.33. The molecule has 1 aliphatic rings. The summed E-state index contributed by atoms with van der Waals surface area (Å²) in [6, 6.07) is 11.8. The Morgan fingerprint density at radius 1 is 1.24 bits per heavy atom. The van der Waals surface area contributed by atoms with Crippen LogP contribution in [0.2, 0.25) is 0 Å². The molecule has 1 aliphatic heterocycles. The molecule has 0 unspecified atom stereocenters. The predicted octanol–water partition coefficient (Wildman–Crippen LogP) is 4.65. The molecule has 0 saturated carbocycles. The van der Waals surface area contributed by atoms with Gasteiger partial charge in [-0.25, -0.2) is 0 Å². The number of nitrogens with zero attached hydrogens (tertiary/aromatic N) is 3. The molecule has 29 heavy (non-hydrogen) atoms. The number of aryl methyl sites for hydroxylation is 1. The van der Waals surface area contributed by atoms with E-state index in [1.807, 2.05) is 52.9 Å². The number of fused-ring (bicyclic) bond motifs is 1. The van der Waals surface area contributed by atoms with E-state index in [2.05, 4.69) is 18.9 Å². The third kappa shape index (κ3) is 4.09. The third-order valence-corrected chi connectivity index (χ3v) is 6.91. The average Bonchev–Trinajstić information content (AvgIpc) is 3.29. The molecule has 3 aromatic rings. The Labute approximate surface area is 176 Å². The zero-order chi connectivity index (χ0) is 20.5. The molecule has 1 N–H and O–H groups in total. The molecule has 6 heteroatoms. The summed E-state index contributed by atoms with van der Waals surface area (Å²) in [6.45, 7) is 8.61. The Morgan fingerprint density at radius 3 is 2.59 bits per heavy atom. The highest BCUT2D eigenvalue weighted by Gasteiger charge is 2.29. The fourth-order valence-corrected chi connectivity index (χ4v) is 5.32.